The Balaban J connectivity index is 1.55. The molecule has 3 unspecified atom stereocenters. The van der Waals surface area contributed by atoms with Gasteiger partial charge in [0, 0.05) is 25.2 Å². The molecule has 8 heteroatoms. The predicted molar refractivity (Wildman–Crippen MR) is 98.9 cm³/mol. The summed E-state index contributed by atoms with van der Waals surface area (Å²) in [7, 11) is 1.78. The zero-order valence-electron chi connectivity index (χ0n) is 16.2. The molecule has 2 aliphatic heterocycles. The molecule has 1 amide bonds. The number of aromatic nitrogens is 4. The van der Waals surface area contributed by atoms with Crippen LogP contribution >= 0.6 is 0 Å². The van der Waals surface area contributed by atoms with Crippen molar-refractivity contribution in [2.24, 2.45) is 7.05 Å². The number of nitrogens with zero attached hydrogens (tertiary/aromatic N) is 6. The molecule has 2 aromatic rings. The van der Waals surface area contributed by atoms with Gasteiger partial charge in [-0.3, -0.25) is 4.90 Å². The van der Waals surface area contributed by atoms with E-state index < -0.39 is 5.60 Å². The Kier molecular flexibility index (Phi) is 4.38. The van der Waals surface area contributed by atoms with Crippen LogP contribution in [0.1, 0.15) is 44.6 Å². The smallest absolute Gasteiger partial charge is 0.410 e. The molecule has 1 aromatic carbocycles. The normalized spacial score (nSPS) is 23.6. The highest BCUT2D eigenvalue weighted by atomic mass is 16.6. The first-order chi connectivity index (χ1) is 12.8. The van der Waals surface area contributed by atoms with Crippen molar-refractivity contribution in [3.8, 4) is 0 Å². The molecule has 2 aliphatic rings. The van der Waals surface area contributed by atoms with Crippen molar-refractivity contribution in [1.29, 1.82) is 0 Å². The standard InChI is InChI=1S/C19H26N6O2/c1-19(2,3)27-18(26)24-11-14-10-15(12-24)25(14)16(13-8-6-5-7-9-13)17-20-22-23(4)21-17/h5-9,14-16H,10-12H2,1-4H3. The molecule has 4 rings (SSSR count). The highest BCUT2D eigenvalue weighted by Crippen LogP contribution is 2.42. The lowest BCUT2D eigenvalue weighted by Crippen LogP contribution is -2.70. The van der Waals surface area contributed by atoms with Gasteiger partial charge in [0.25, 0.3) is 0 Å². The summed E-state index contributed by atoms with van der Waals surface area (Å²) in [6, 6.07) is 10.7. The number of carbonyl (C=O) groups excluding carboxylic acids is 1. The minimum absolute atomic E-state index is 0.0514. The number of fused-ring (bicyclic) bond motifs is 2. The van der Waals surface area contributed by atoms with Gasteiger partial charge in [0.05, 0.1) is 7.05 Å². The number of aryl methyl sites for hydroxylation is 1. The van der Waals surface area contributed by atoms with Crippen molar-refractivity contribution in [2.75, 3.05) is 13.1 Å². The number of amides is 1. The highest BCUT2D eigenvalue weighted by molar-refractivity contribution is 5.68. The highest BCUT2D eigenvalue weighted by Gasteiger charge is 2.51. The molecule has 144 valence electrons. The fourth-order valence-electron chi connectivity index (χ4n) is 4.03. The van der Waals surface area contributed by atoms with Crippen LogP contribution in [0, 0.1) is 0 Å². The summed E-state index contributed by atoms with van der Waals surface area (Å²) in [5, 5.41) is 12.8. The second-order valence-electron chi connectivity index (χ2n) is 8.33. The molecule has 2 saturated heterocycles. The van der Waals surface area contributed by atoms with Gasteiger partial charge < -0.3 is 9.64 Å². The molecule has 3 heterocycles. The van der Waals surface area contributed by atoms with Crippen LogP contribution in [0.25, 0.3) is 0 Å². The fourth-order valence-corrected chi connectivity index (χ4v) is 4.03. The maximum absolute atomic E-state index is 12.4. The van der Waals surface area contributed by atoms with Gasteiger partial charge in [-0.25, -0.2) is 4.79 Å². The number of ether oxygens (including phenoxy) is 1. The number of tetrazole rings is 1. The molecule has 2 fully saturated rings. The van der Waals surface area contributed by atoms with Crippen molar-refractivity contribution in [3.63, 3.8) is 0 Å². The van der Waals surface area contributed by atoms with E-state index in [9.17, 15) is 4.79 Å². The summed E-state index contributed by atoms with van der Waals surface area (Å²) in [6.45, 7) is 7.01. The lowest BCUT2D eigenvalue weighted by Gasteiger charge is -2.58. The van der Waals surface area contributed by atoms with E-state index >= 15 is 0 Å². The first-order valence-electron chi connectivity index (χ1n) is 9.36. The van der Waals surface area contributed by atoms with Gasteiger partial charge in [0.2, 0.25) is 0 Å². The number of rotatable bonds is 3. The van der Waals surface area contributed by atoms with Crippen LogP contribution in [0.4, 0.5) is 4.79 Å². The number of hydrogen-bond acceptors (Lipinski definition) is 6. The molecule has 0 saturated carbocycles. The third-order valence-corrected chi connectivity index (χ3v) is 5.08. The van der Waals surface area contributed by atoms with Crippen LogP contribution in [-0.4, -0.2) is 66.9 Å². The molecular formula is C19H26N6O2. The lowest BCUT2D eigenvalue weighted by molar-refractivity contribution is -0.0908. The molecule has 1 aromatic heterocycles. The Hall–Kier alpha value is -2.48. The summed E-state index contributed by atoms with van der Waals surface area (Å²) in [4.78, 5) is 18.2. The predicted octanol–water partition coefficient (Wildman–Crippen LogP) is 1.99. The van der Waals surface area contributed by atoms with E-state index in [-0.39, 0.29) is 24.2 Å². The minimum Gasteiger partial charge on any atom is -0.444 e. The molecule has 0 N–H and O–H groups in total. The number of likely N-dealkylation sites (tertiary alicyclic amines) is 2. The third-order valence-electron chi connectivity index (χ3n) is 5.08. The van der Waals surface area contributed by atoms with Gasteiger partial charge in [-0.15, -0.1) is 10.2 Å². The maximum Gasteiger partial charge on any atom is 0.410 e. The summed E-state index contributed by atoms with van der Waals surface area (Å²) in [5.41, 5.74) is 0.667. The van der Waals surface area contributed by atoms with Gasteiger partial charge in [-0.05, 0) is 38.0 Å². The van der Waals surface area contributed by atoms with Gasteiger partial charge >= 0.3 is 6.09 Å². The van der Waals surface area contributed by atoms with Gasteiger partial charge in [-0.1, -0.05) is 30.3 Å². The zero-order valence-corrected chi connectivity index (χ0v) is 16.2. The van der Waals surface area contributed by atoms with Crippen LogP contribution in [0.5, 0.6) is 0 Å². The van der Waals surface area contributed by atoms with Crippen molar-refractivity contribution in [2.45, 2.75) is 50.9 Å². The minimum atomic E-state index is -0.478. The van der Waals surface area contributed by atoms with E-state index in [4.69, 9.17) is 4.74 Å². The average Bonchev–Trinajstić information content (AvgIpc) is 3.04. The fraction of sp³-hybridized carbons (Fsp3) is 0.579. The van der Waals surface area contributed by atoms with Gasteiger partial charge in [-0.2, -0.15) is 4.80 Å². The number of hydrogen-bond donors (Lipinski definition) is 0. The second kappa shape index (κ2) is 6.60. The van der Waals surface area contributed by atoms with E-state index in [2.05, 4.69) is 32.4 Å². The van der Waals surface area contributed by atoms with E-state index in [1.54, 1.807) is 7.05 Å². The van der Waals surface area contributed by atoms with Crippen LogP contribution in [0.3, 0.4) is 0 Å². The Morgan fingerprint density at radius 2 is 1.85 bits per heavy atom. The Morgan fingerprint density at radius 3 is 2.41 bits per heavy atom. The molecule has 0 radical (unpaired) electrons. The van der Waals surface area contributed by atoms with E-state index in [1.165, 1.54) is 4.80 Å². The van der Waals surface area contributed by atoms with Gasteiger partial charge in [0.15, 0.2) is 5.82 Å². The van der Waals surface area contributed by atoms with E-state index in [1.807, 2.05) is 43.9 Å². The number of carbonyl (C=O) groups is 1. The van der Waals surface area contributed by atoms with Crippen molar-refractivity contribution < 1.29 is 9.53 Å². The summed E-state index contributed by atoms with van der Waals surface area (Å²) in [5.74, 6) is 0.698. The third kappa shape index (κ3) is 3.53. The largest absolute Gasteiger partial charge is 0.444 e. The summed E-state index contributed by atoms with van der Waals surface area (Å²) < 4.78 is 5.54. The Bertz CT molecular complexity index is 803. The number of benzene rings is 1. The zero-order chi connectivity index (χ0) is 19.2. The molecule has 3 atom stereocenters. The molecule has 8 nitrogen and oxygen atoms in total. The molecule has 0 spiro atoms. The van der Waals surface area contributed by atoms with Gasteiger partial charge in [0.1, 0.15) is 11.6 Å². The molecular weight excluding hydrogens is 344 g/mol. The quantitative estimate of drug-likeness (QED) is 0.822. The van der Waals surface area contributed by atoms with Crippen LogP contribution in [-0.2, 0) is 11.8 Å². The van der Waals surface area contributed by atoms with E-state index in [0.29, 0.717) is 18.9 Å². The summed E-state index contributed by atoms with van der Waals surface area (Å²) in [6.07, 6.45) is 0.842. The number of piperidine rings is 1. The monoisotopic (exact) mass is 370 g/mol. The first kappa shape index (κ1) is 17.9. The molecule has 2 bridgehead atoms. The Morgan fingerprint density at radius 1 is 1.19 bits per heavy atom. The SMILES string of the molecule is Cn1nnc(C(c2ccccc2)N2C3CC2CN(C(=O)OC(C)(C)C)C3)n1. The first-order valence-corrected chi connectivity index (χ1v) is 9.36. The number of piperazine rings is 1. The van der Waals surface area contributed by atoms with Crippen molar-refractivity contribution in [1.82, 2.24) is 30.0 Å². The lowest BCUT2D eigenvalue weighted by atomic mass is 9.83. The van der Waals surface area contributed by atoms with E-state index in [0.717, 1.165) is 12.0 Å². The van der Waals surface area contributed by atoms with Crippen LogP contribution in [0.15, 0.2) is 30.3 Å². The van der Waals surface area contributed by atoms with Crippen molar-refractivity contribution >= 4 is 6.09 Å². The molecule has 0 aliphatic carbocycles. The average molecular weight is 370 g/mol. The maximum atomic E-state index is 12.4. The topological polar surface area (TPSA) is 76.4 Å². The van der Waals surface area contributed by atoms with Crippen molar-refractivity contribution in [3.05, 3.63) is 41.7 Å². The molecule has 27 heavy (non-hydrogen) atoms. The second-order valence-corrected chi connectivity index (χ2v) is 8.33. The Labute approximate surface area is 159 Å². The van der Waals surface area contributed by atoms with Crippen LogP contribution < -0.4 is 0 Å². The van der Waals surface area contributed by atoms with Crippen LogP contribution in [0.2, 0.25) is 0 Å². The summed E-state index contributed by atoms with van der Waals surface area (Å²) >= 11 is 0.